The van der Waals surface area contributed by atoms with Crippen molar-refractivity contribution in [3.05, 3.63) is 102 Å². The molecule has 0 N–H and O–H groups in total. The van der Waals surface area contributed by atoms with Gasteiger partial charge in [-0.25, -0.2) is 0 Å². The molecular formula is C25H27NOSSe. The second-order valence-corrected chi connectivity index (χ2v) is 11.2. The molecule has 0 aliphatic carbocycles. The Morgan fingerprint density at radius 2 is 1.62 bits per heavy atom. The van der Waals surface area contributed by atoms with Crippen molar-refractivity contribution in [2.75, 3.05) is 12.9 Å². The summed E-state index contributed by atoms with van der Waals surface area (Å²) in [6, 6.07) is 30.8. The van der Waals surface area contributed by atoms with Gasteiger partial charge in [-0.05, 0) is 0 Å². The number of benzene rings is 3. The number of rotatable bonds is 7. The Kier molecular flexibility index (Phi) is 7.12. The van der Waals surface area contributed by atoms with E-state index in [-0.39, 0.29) is 6.04 Å². The summed E-state index contributed by atoms with van der Waals surface area (Å²) in [5, 5.41) is 2.73. The Morgan fingerprint density at radius 1 is 0.966 bits per heavy atom. The number of hydroxylamine groups is 2. The van der Waals surface area contributed by atoms with E-state index in [2.05, 4.69) is 103 Å². The van der Waals surface area contributed by atoms with E-state index in [1.165, 1.54) is 21.2 Å². The summed E-state index contributed by atoms with van der Waals surface area (Å²) in [4.78, 5) is 6.77. The average molecular weight is 469 g/mol. The van der Waals surface area contributed by atoms with Gasteiger partial charge in [0.25, 0.3) is 0 Å². The minimum absolute atomic E-state index is 0.286. The Balaban J connectivity index is 1.61. The Bertz CT molecular complexity index is 905. The zero-order valence-corrected chi connectivity index (χ0v) is 19.4. The van der Waals surface area contributed by atoms with Gasteiger partial charge in [0.2, 0.25) is 0 Å². The first-order chi connectivity index (χ1) is 14.3. The second-order valence-electron chi connectivity index (χ2n) is 7.28. The van der Waals surface area contributed by atoms with Crippen molar-refractivity contribution in [1.82, 2.24) is 5.06 Å². The summed E-state index contributed by atoms with van der Waals surface area (Å²) in [6.07, 6.45) is 2.20. The van der Waals surface area contributed by atoms with Gasteiger partial charge in [-0.1, -0.05) is 0 Å². The van der Waals surface area contributed by atoms with Gasteiger partial charge in [-0.3, -0.25) is 0 Å². The van der Waals surface area contributed by atoms with Crippen LogP contribution in [0, 0.1) is 0 Å². The summed E-state index contributed by atoms with van der Waals surface area (Å²) >= 11 is 2.26. The van der Waals surface area contributed by atoms with Crippen molar-refractivity contribution in [1.29, 1.82) is 0 Å². The standard InChI is InChI=1S/C25H27NOSSe/c1-19(28-2)22-15-9-10-16-23(22)29-24-18-27-26(17-20-11-5-3-6-12-20)25(24)21-13-7-4-8-14-21/h3-16,19,24-25H,17-18H2,1-2H3/t19-,24-,25+/m0/s1. The molecule has 3 aromatic carbocycles. The van der Waals surface area contributed by atoms with E-state index in [1.54, 1.807) is 0 Å². The summed E-state index contributed by atoms with van der Waals surface area (Å²) in [5.74, 6) is 0. The van der Waals surface area contributed by atoms with Crippen LogP contribution in [0.3, 0.4) is 0 Å². The molecule has 3 aromatic rings. The third-order valence-electron chi connectivity index (χ3n) is 5.38. The minimum atomic E-state index is 0.286. The Labute approximate surface area is 184 Å². The van der Waals surface area contributed by atoms with Gasteiger partial charge in [-0.15, -0.1) is 0 Å². The van der Waals surface area contributed by atoms with Crippen LogP contribution in [0.4, 0.5) is 0 Å². The summed E-state index contributed by atoms with van der Waals surface area (Å²) in [7, 11) is 0. The van der Waals surface area contributed by atoms with E-state index in [1.807, 2.05) is 11.8 Å². The fourth-order valence-electron chi connectivity index (χ4n) is 3.78. The van der Waals surface area contributed by atoms with E-state index < -0.39 is 0 Å². The first kappa shape index (κ1) is 20.7. The molecule has 1 aliphatic rings. The van der Waals surface area contributed by atoms with Gasteiger partial charge in [0, 0.05) is 0 Å². The molecule has 0 aromatic heterocycles. The van der Waals surface area contributed by atoms with Crippen molar-refractivity contribution < 1.29 is 4.84 Å². The summed E-state index contributed by atoms with van der Waals surface area (Å²) in [6.45, 7) is 3.91. The molecule has 0 bridgehead atoms. The van der Waals surface area contributed by atoms with Crippen LogP contribution in [0.15, 0.2) is 84.9 Å². The van der Waals surface area contributed by atoms with Gasteiger partial charge in [0.1, 0.15) is 0 Å². The topological polar surface area (TPSA) is 12.5 Å². The molecule has 1 fully saturated rings. The van der Waals surface area contributed by atoms with E-state index in [4.69, 9.17) is 4.84 Å². The molecule has 0 spiro atoms. The third kappa shape index (κ3) is 4.96. The van der Waals surface area contributed by atoms with Crippen LogP contribution in [0.1, 0.15) is 34.9 Å². The van der Waals surface area contributed by atoms with Gasteiger partial charge < -0.3 is 0 Å². The zero-order chi connectivity index (χ0) is 20.1. The SMILES string of the molecule is CS[C@@H](C)c1ccccc1[Se][C@H]1CON(Cc2ccccc2)[C@@H]1c1ccccc1. The molecule has 4 heteroatoms. The number of hydrogen-bond acceptors (Lipinski definition) is 3. The van der Waals surface area contributed by atoms with Crippen molar-refractivity contribution in [2.24, 2.45) is 0 Å². The van der Waals surface area contributed by atoms with Crippen molar-refractivity contribution in [3.8, 4) is 0 Å². The third-order valence-corrected chi connectivity index (χ3v) is 9.11. The van der Waals surface area contributed by atoms with Gasteiger partial charge >= 0.3 is 185 Å². The van der Waals surface area contributed by atoms with E-state index >= 15 is 0 Å². The monoisotopic (exact) mass is 469 g/mol. The van der Waals surface area contributed by atoms with Crippen LogP contribution >= 0.6 is 11.8 Å². The normalized spacial score (nSPS) is 20.6. The molecule has 4 rings (SSSR count). The molecule has 3 atom stereocenters. The maximum absolute atomic E-state index is 6.28. The molecule has 1 saturated heterocycles. The first-order valence-corrected chi connectivity index (χ1v) is 13.2. The van der Waals surface area contributed by atoms with E-state index in [0.717, 1.165) is 13.2 Å². The van der Waals surface area contributed by atoms with Crippen LogP contribution in [0.5, 0.6) is 0 Å². The fraction of sp³-hybridized carbons (Fsp3) is 0.280. The zero-order valence-electron chi connectivity index (χ0n) is 16.9. The molecule has 150 valence electrons. The van der Waals surface area contributed by atoms with Crippen LogP contribution in [-0.2, 0) is 11.4 Å². The van der Waals surface area contributed by atoms with E-state index in [9.17, 15) is 0 Å². The first-order valence-electron chi connectivity index (χ1n) is 10.0. The predicted octanol–water partition coefficient (Wildman–Crippen LogP) is 5.42. The predicted molar refractivity (Wildman–Crippen MR) is 125 cm³/mol. The van der Waals surface area contributed by atoms with Gasteiger partial charge in [-0.2, -0.15) is 0 Å². The second kappa shape index (κ2) is 9.97. The molecule has 29 heavy (non-hydrogen) atoms. The Hall–Kier alpha value is -1.55. The fourth-order valence-corrected chi connectivity index (χ4v) is 7.37. The molecule has 1 aliphatic heterocycles. The van der Waals surface area contributed by atoms with Crippen molar-refractivity contribution >= 4 is 31.2 Å². The van der Waals surface area contributed by atoms with E-state index in [0.29, 0.717) is 25.0 Å². The van der Waals surface area contributed by atoms with Crippen LogP contribution in [-0.4, -0.2) is 32.9 Å². The van der Waals surface area contributed by atoms with Gasteiger partial charge in [0.15, 0.2) is 0 Å². The molecule has 0 amide bonds. The summed E-state index contributed by atoms with van der Waals surface area (Å²) < 4.78 is 1.51. The number of hydrogen-bond donors (Lipinski definition) is 0. The van der Waals surface area contributed by atoms with Crippen LogP contribution in [0.25, 0.3) is 0 Å². The molecule has 0 unspecified atom stereocenters. The quantitative estimate of drug-likeness (QED) is 0.430. The Morgan fingerprint density at radius 3 is 2.34 bits per heavy atom. The van der Waals surface area contributed by atoms with Crippen molar-refractivity contribution in [2.45, 2.75) is 29.6 Å². The number of nitrogens with zero attached hydrogens (tertiary/aromatic N) is 1. The van der Waals surface area contributed by atoms with Crippen molar-refractivity contribution in [3.63, 3.8) is 0 Å². The molecule has 0 saturated carbocycles. The number of thioether (sulfide) groups is 1. The molecule has 1 heterocycles. The van der Waals surface area contributed by atoms with Gasteiger partial charge in [0.05, 0.1) is 0 Å². The summed E-state index contributed by atoms with van der Waals surface area (Å²) in [5.41, 5.74) is 4.12. The molecule has 2 nitrogen and oxygen atoms in total. The van der Waals surface area contributed by atoms with Crippen LogP contribution in [0.2, 0.25) is 4.82 Å². The maximum atomic E-state index is 6.28. The molecule has 0 radical (unpaired) electrons. The molecular weight excluding hydrogens is 441 g/mol. The average Bonchev–Trinajstić information content (AvgIpc) is 3.16. The van der Waals surface area contributed by atoms with Crippen LogP contribution < -0.4 is 4.46 Å².